The first-order chi connectivity index (χ1) is 9.06. The van der Waals surface area contributed by atoms with Gasteiger partial charge in [-0.1, -0.05) is 12.1 Å². The maximum Gasteiger partial charge on any atom is 0.222 e. The van der Waals surface area contributed by atoms with E-state index in [1.54, 1.807) is 7.11 Å². The highest BCUT2D eigenvalue weighted by molar-refractivity contribution is 5.79. The standard InChI is InChI=1S/C14H20N2O3/c1-4-15-14(18)9-13(16-10(2)17)11-5-7-12(19-3)8-6-11/h5-8,13H,4,9H2,1-3H3,(H,15,18)(H,16,17). The van der Waals surface area contributed by atoms with Crippen molar-refractivity contribution in [1.29, 1.82) is 0 Å². The van der Waals surface area contributed by atoms with Crippen LogP contribution in [0, 0.1) is 0 Å². The molecule has 5 heteroatoms. The molecule has 1 aromatic rings. The fourth-order valence-electron chi connectivity index (χ4n) is 1.79. The monoisotopic (exact) mass is 264 g/mol. The van der Waals surface area contributed by atoms with E-state index in [2.05, 4.69) is 10.6 Å². The largest absolute Gasteiger partial charge is 0.497 e. The SMILES string of the molecule is CCNC(=O)CC(NC(C)=O)c1ccc(OC)cc1. The first kappa shape index (κ1) is 15.0. The second-order valence-electron chi connectivity index (χ2n) is 4.18. The molecule has 0 saturated carbocycles. The molecule has 1 unspecified atom stereocenters. The fraction of sp³-hybridized carbons (Fsp3) is 0.429. The fourth-order valence-corrected chi connectivity index (χ4v) is 1.79. The van der Waals surface area contributed by atoms with Gasteiger partial charge in [-0.2, -0.15) is 0 Å². The van der Waals surface area contributed by atoms with Gasteiger partial charge in [-0.3, -0.25) is 9.59 Å². The van der Waals surface area contributed by atoms with Crippen LogP contribution >= 0.6 is 0 Å². The van der Waals surface area contributed by atoms with E-state index in [0.29, 0.717) is 6.54 Å². The Hall–Kier alpha value is -2.04. The summed E-state index contributed by atoms with van der Waals surface area (Å²) in [4.78, 5) is 22.9. The zero-order valence-corrected chi connectivity index (χ0v) is 11.5. The molecule has 19 heavy (non-hydrogen) atoms. The maximum atomic E-state index is 11.6. The number of hydrogen-bond acceptors (Lipinski definition) is 3. The summed E-state index contributed by atoms with van der Waals surface area (Å²) in [6, 6.07) is 6.98. The topological polar surface area (TPSA) is 67.4 Å². The minimum absolute atomic E-state index is 0.0860. The van der Waals surface area contributed by atoms with Crippen molar-refractivity contribution in [3.8, 4) is 5.75 Å². The summed E-state index contributed by atoms with van der Waals surface area (Å²) in [6.45, 7) is 3.88. The van der Waals surface area contributed by atoms with E-state index in [-0.39, 0.29) is 24.3 Å². The van der Waals surface area contributed by atoms with Crippen LogP contribution in [0.25, 0.3) is 0 Å². The van der Waals surface area contributed by atoms with Crippen molar-refractivity contribution in [3.05, 3.63) is 29.8 Å². The van der Waals surface area contributed by atoms with E-state index < -0.39 is 0 Å². The van der Waals surface area contributed by atoms with Gasteiger partial charge in [-0.25, -0.2) is 0 Å². The minimum atomic E-state index is -0.324. The summed E-state index contributed by atoms with van der Waals surface area (Å²) in [6.07, 6.45) is 0.222. The van der Waals surface area contributed by atoms with Crippen molar-refractivity contribution in [3.63, 3.8) is 0 Å². The molecule has 0 radical (unpaired) electrons. The number of carbonyl (C=O) groups excluding carboxylic acids is 2. The molecule has 0 bridgehead atoms. The van der Waals surface area contributed by atoms with Gasteiger partial charge in [0.25, 0.3) is 0 Å². The first-order valence-corrected chi connectivity index (χ1v) is 6.24. The number of rotatable bonds is 6. The molecule has 0 aromatic heterocycles. The van der Waals surface area contributed by atoms with Gasteiger partial charge in [0, 0.05) is 13.5 Å². The lowest BCUT2D eigenvalue weighted by Crippen LogP contribution is -2.32. The maximum absolute atomic E-state index is 11.6. The normalized spacial score (nSPS) is 11.5. The Morgan fingerprint density at radius 2 is 1.89 bits per heavy atom. The summed E-state index contributed by atoms with van der Waals surface area (Å²) < 4.78 is 5.08. The second-order valence-corrected chi connectivity index (χ2v) is 4.18. The van der Waals surface area contributed by atoms with E-state index in [1.807, 2.05) is 31.2 Å². The van der Waals surface area contributed by atoms with Crippen LogP contribution in [0.5, 0.6) is 5.75 Å². The Kier molecular flexibility index (Phi) is 5.85. The Bertz CT molecular complexity index is 429. The molecule has 2 N–H and O–H groups in total. The number of methoxy groups -OCH3 is 1. The molecule has 104 valence electrons. The molecule has 0 aliphatic rings. The van der Waals surface area contributed by atoms with Gasteiger partial charge >= 0.3 is 0 Å². The number of ether oxygens (including phenoxy) is 1. The summed E-state index contributed by atoms with van der Waals surface area (Å²) >= 11 is 0. The summed E-state index contributed by atoms with van der Waals surface area (Å²) in [5.41, 5.74) is 0.877. The van der Waals surface area contributed by atoms with Crippen LogP contribution in [0.2, 0.25) is 0 Å². The number of carbonyl (C=O) groups is 2. The molecule has 0 aliphatic heterocycles. The van der Waals surface area contributed by atoms with Gasteiger partial charge < -0.3 is 15.4 Å². The van der Waals surface area contributed by atoms with Gasteiger partial charge in [0.15, 0.2) is 0 Å². The molecule has 0 heterocycles. The van der Waals surface area contributed by atoms with Crippen LogP contribution in [0.1, 0.15) is 31.9 Å². The van der Waals surface area contributed by atoms with E-state index in [1.165, 1.54) is 6.92 Å². The molecular weight excluding hydrogens is 244 g/mol. The van der Waals surface area contributed by atoms with Gasteiger partial charge in [-0.15, -0.1) is 0 Å². The third-order valence-corrected chi connectivity index (χ3v) is 2.66. The summed E-state index contributed by atoms with van der Waals surface area (Å²) in [7, 11) is 1.59. The minimum Gasteiger partial charge on any atom is -0.497 e. The van der Waals surface area contributed by atoms with Crippen molar-refractivity contribution in [2.45, 2.75) is 26.3 Å². The van der Waals surface area contributed by atoms with E-state index >= 15 is 0 Å². The molecule has 2 amide bonds. The van der Waals surface area contributed by atoms with Crippen LogP contribution in [0.3, 0.4) is 0 Å². The molecule has 1 rings (SSSR count). The van der Waals surface area contributed by atoms with E-state index in [0.717, 1.165) is 11.3 Å². The third kappa shape index (κ3) is 4.99. The number of amides is 2. The van der Waals surface area contributed by atoms with Gasteiger partial charge in [-0.05, 0) is 24.6 Å². The van der Waals surface area contributed by atoms with Gasteiger partial charge in [0.2, 0.25) is 11.8 Å². The number of benzene rings is 1. The molecule has 1 atom stereocenters. The summed E-state index contributed by atoms with van der Waals surface area (Å²) in [5.74, 6) is 0.491. The van der Waals surface area contributed by atoms with Crippen molar-refractivity contribution in [1.82, 2.24) is 10.6 Å². The molecule has 1 aromatic carbocycles. The predicted molar refractivity (Wildman–Crippen MR) is 72.9 cm³/mol. The molecule has 5 nitrogen and oxygen atoms in total. The van der Waals surface area contributed by atoms with Crippen molar-refractivity contribution in [2.24, 2.45) is 0 Å². The average Bonchev–Trinajstić information content (AvgIpc) is 2.38. The smallest absolute Gasteiger partial charge is 0.222 e. The predicted octanol–water partition coefficient (Wildman–Crippen LogP) is 1.40. The van der Waals surface area contributed by atoms with Crippen molar-refractivity contribution < 1.29 is 14.3 Å². The molecular formula is C14H20N2O3. The Morgan fingerprint density at radius 1 is 1.26 bits per heavy atom. The molecule has 0 aliphatic carbocycles. The zero-order valence-electron chi connectivity index (χ0n) is 11.5. The van der Waals surface area contributed by atoms with Crippen molar-refractivity contribution >= 4 is 11.8 Å². The molecule has 0 spiro atoms. The van der Waals surface area contributed by atoms with E-state index in [4.69, 9.17) is 4.74 Å². The highest BCUT2D eigenvalue weighted by Crippen LogP contribution is 2.20. The highest BCUT2D eigenvalue weighted by atomic mass is 16.5. The highest BCUT2D eigenvalue weighted by Gasteiger charge is 2.16. The lowest BCUT2D eigenvalue weighted by molar-refractivity contribution is -0.122. The molecule has 0 saturated heterocycles. The first-order valence-electron chi connectivity index (χ1n) is 6.24. The lowest BCUT2D eigenvalue weighted by atomic mass is 10.0. The van der Waals surface area contributed by atoms with Gasteiger partial charge in [0.1, 0.15) is 5.75 Å². The zero-order chi connectivity index (χ0) is 14.3. The quantitative estimate of drug-likeness (QED) is 0.816. The Morgan fingerprint density at radius 3 is 2.37 bits per heavy atom. The van der Waals surface area contributed by atoms with Crippen molar-refractivity contribution in [2.75, 3.05) is 13.7 Å². The van der Waals surface area contributed by atoms with Crippen LogP contribution in [-0.4, -0.2) is 25.5 Å². The third-order valence-electron chi connectivity index (χ3n) is 2.66. The van der Waals surface area contributed by atoms with Crippen LogP contribution < -0.4 is 15.4 Å². The van der Waals surface area contributed by atoms with E-state index in [9.17, 15) is 9.59 Å². The van der Waals surface area contributed by atoms with Crippen LogP contribution in [-0.2, 0) is 9.59 Å². The number of hydrogen-bond donors (Lipinski definition) is 2. The Labute approximate surface area is 113 Å². The van der Waals surface area contributed by atoms with Crippen LogP contribution in [0.15, 0.2) is 24.3 Å². The van der Waals surface area contributed by atoms with Crippen LogP contribution in [0.4, 0.5) is 0 Å². The lowest BCUT2D eigenvalue weighted by Gasteiger charge is -2.18. The average molecular weight is 264 g/mol. The number of nitrogens with one attached hydrogen (secondary N) is 2. The summed E-state index contributed by atoms with van der Waals surface area (Å²) in [5, 5.41) is 5.51. The van der Waals surface area contributed by atoms with Gasteiger partial charge in [0.05, 0.1) is 19.6 Å². The Balaban J connectivity index is 2.82. The second kappa shape index (κ2) is 7.41. The molecule has 0 fully saturated rings.